The Hall–Kier alpha value is -0.830. The summed E-state index contributed by atoms with van der Waals surface area (Å²) in [5.41, 5.74) is 4.21. The lowest BCUT2D eigenvalue weighted by Gasteiger charge is -2.04. The van der Waals surface area contributed by atoms with Gasteiger partial charge < -0.3 is 0 Å². The van der Waals surface area contributed by atoms with Crippen LogP contribution in [0.2, 0.25) is 0 Å². The zero-order valence-electron chi connectivity index (χ0n) is 9.41. The van der Waals surface area contributed by atoms with Gasteiger partial charge in [0, 0.05) is 3.57 Å². The minimum Gasteiger partial charge on any atom is -0.0622 e. The maximum Gasteiger partial charge on any atom is 0.0162 e. The van der Waals surface area contributed by atoms with Gasteiger partial charge in [0.1, 0.15) is 0 Å². The highest BCUT2D eigenvalue weighted by atomic mass is 127. The van der Waals surface area contributed by atoms with Crippen molar-refractivity contribution in [1.82, 2.24) is 0 Å². The van der Waals surface area contributed by atoms with Gasteiger partial charge in [0.2, 0.25) is 0 Å². The average molecular weight is 322 g/mol. The molecule has 0 unspecified atom stereocenters. The summed E-state index contributed by atoms with van der Waals surface area (Å²) in [4.78, 5) is 0. The van der Waals surface area contributed by atoms with Gasteiger partial charge in [-0.15, -0.1) is 0 Å². The summed E-state index contributed by atoms with van der Waals surface area (Å²) in [7, 11) is 0. The standard InChI is InChI=1S/C15H15I/c1-12-7-8-14(11-15(12)16)10-9-13-5-3-2-4-6-13/h2-8,11H,9-10H2,1H3. The quantitative estimate of drug-likeness (QED) is 0.736. The summed E-state index contributed by atoms with van der Waals surface area (Å²) in [6, 6.07) is 17.4. The molecule has 0 aromatic heterocycles. The number of hydrogen-bond acceptors (Lipinski definition) is 0. The molecule has 2 aromatic rings. The van der Waals surface area contributed by atoms with Crippen LogP contribution in [-0.2, 0) is 12.8 Å². The molecule has 0 radical (unpaired) electrons. The van der Waals surface area contributed by atoms with E-state index in [1.54, 1.807) is 0 Å². The summed E-state index contributed by atoms with van der Waals surface area (Å²) in [6.45, 7) is 2.16. The molecule has 2 rings (SSSR count). The third kappa shape index (κ3) is 3.08. The fourth-order valence-corrected chi connectivity index (χ4v) is 2.31. The molecule has 0 nitrogen and oxygen atoms in total. The maximum atomic E-state index is 2.40. The van der Waals surface area contributed by atoms with Crippen LogP contribution in [0.1, 0.15) is 16.7 Å². The molecule has 16 heavy (non-hydrogen) atoms. The van der Waals surface area contributed by atoms with Crippen LogP contribution in [0.3, 0.4) is 0 Å². The molecule has 0 atom stereocenters. The van der Waals surface area contributed by atoms with E-state index in [0.29, 0.717) is 0 Å². The van der Waals surface area contributed by atoms with E-state index in [1.165, 1.54) is 20.3 Å². The molecule has 0 aliphatic carbocycles. The first-order valence-corrected chi connectivity index (χ1v) is 6.62. The van der Waals surface area contributed by atoms with Gasteiger partial charge in [-0.2, -0.15) is 0 Å². The maximum absolute atomic E-state index is 2.40. The molecule has 0 saturated heterocycles. The Morgan fingerprint density at radius 1 is 0.875 bits per heavy atom. The number of aryl methyl sites for hydroxylation is 3. The van der Waals surface area contributed by atoms with Gasteiger partial charge in [0.25, 0.3) is 0 Å². The SMILES string of the molecule is Cc1ccc(CCc2ccccc2)cc1I. The summed E-state index contributed by atoms with van der Waals surface area (Å²) in [6.07, 6.45) is 2.25. The highest BCUT2D eigenvalue weighted by Crippen LogP contribution is 2.15. The van der Waals surface area contributed by atoms with E-state index < -0.39 is 0 Å². The van der Waals surface area contributed by atoms with E-state index in [-0.39, 0.29) is 0 Å². The summed E-state index contributed by atoms with van der Waals surface area (Å²) >= 11 is 2.40. The van der Waals surface area contributed by atoms with E-state index in [4.69, 9.17) is 0 Å². The Balaban J connectivity index is 2.03. The molecule has 0 amide bonds. The zero-order valence-corrected chi connectivity index (χ0v) is 11.6. The Morgan fingerprint density at radius 3 is 2.25 bits per heavy atom. The molecule has 0 fully saturated rings. The summed E-state index contributed by atoms with van der Waals surface area (Å²) in [5, 5.41) is 0. The fourth-order valence-electron chi connectivity index (χ4n) is 1.73. The van der Waals surface area contributed by atoms with Crippen molar-refractivity contribution in [2.45, 2.75) is 19.8 Å². The van der Waals surface area contributed by atoms with Crippen LogP contribution in [0, 0.1) is 10.5 Å². The highest BCUT2D eigenvalue weighted by Gasteiger charge is 1.98. The van der Waals surface area contributed by atoms with Gasteiger partial charge in [0.15, 0.2) is 0 Å². The molecule has 0 aliphatic heterocycles. The number of benzene rings is 2. The Bertz CT molecular complexity index is 460. The second-order valence-electron chi connectivity index (χ2n) is 4.07. The minimum atomic E-state index is 1.12. The first-order valence-electron chi connectivity index (χ1n) is 5.54. The van der Waals surface area contributed by atoms with E-state index in [1.807, 2.05) is 0 Å². The first kappa shape index (κ1) is 11.6. The number of halogens is 1. The van der Waals surface area contributed by atoms with Gasteiger partial charge in [-0.3, -0.25) is 0 Å². The molecule has 0 N–H and O–H groups in total. The predicted octanol–water partition coefficient (Wildman–Crippen LogP) is 4.38. The van der Waals surface area contributed by atoms with Crippen LogP contribution in [0.15, 0.2) is 48.5 Å². The van der Waals surface area contributed by atoms with E-state index >= 15 is 0 Å². The second kappa shape index (κ2) is 5.48. The Morgan fingerprint density at radius 2 is 1.56 bits per heavy atom. The zero-order chi connectivity index (χ0) is 11.4. The molecule has 1 heteroatoms. The van der Waals surface area contributed by atoms with Crippen LogP contribution >= 0.6 is 22.6 Å². The summed E-state index contributed by atoms with van der Waals surface area (Å²) < 4.78 is 1.36. The average Bonchev–Trinajstić information content (AvgIpc) is 2.32. The van der Waals surface area contributed by atoms with Crippen LogP contribution < -0.4 is 0 Å². The van der Waals surface area contributed by atoms with Crippen molar-refractivity contribution in [3.8, 4) is 0 Å². The Kier molecular flexibility index (Phi) is 3.99. The molecule has 0 spiro atoms. The molecule has 0 saturated carbocycles. The molecule has 0 bridgehead atoms. The van der Waals surface area contributed by atoms with E-state index in [2.05, 4.69) is 78.0 Å². The third-order valence-electron chi connectivity index (χ3n) is 2.78. The van der Waals surface area contributed by atoms with Crippen molar-refractivity contribution < 1.29 is 0 Å². The molecule has 2 aromatic carbocycles. The van der Waals surface area contributed by atoms with Crippen molar-refractivity contribution in [3.63, 3.8) is 0 Å². The van der Waals surface area contributed by atoms with Gasteiger partial charge in [-0.25, -0.2) is 0 Å². The molecular weight excluding hydrogens is 307 g/mol. The largest absolute Gasteiger partial charge is 0.0622 e. The van der Waals surface area contributed by atoms with Crippen LogP contribution in [0.5, 0.6) is 0 Å². The molecular formula is C15H15I. The number of rotatable bonds is 3. The minimum absolute atomic E-state index is 1.12. The van der Waals surface area contributed by atoms with Gasteiger partial charge >= 0.3 is 0 Å². The molecule has 0 aliphatic rings. The summed E-state index contributed by atoms with van der Waals surface area (Å²) in [5.74, 6) is 0. The fraction of sp³-hybridized carbons (Fsp3) is 0.200. The van der Waals surface area contributed by atoms with E-state index in [0.717, 1.165) is 12.8 Å². The smallest absolute Gasteiger partial charge is 0.0162 e. The third-order valence-corrected chi connectivity index (χ3v) is 3.94. The Labute approximate surface area is 111 Å². The molecule has 82 valence electrons. The second-order valence-corrected chi connectivity index (χ2v) is 5.23. The van der Waals surface area contributed by atoms with Crippen molar-refractivity contribution in [3.05, 3.63) is 68.8 Å². The lowest BCUT2D eigenvalue weighted by Crippen LogP contribution is -1.92. The van der Waals surface area contributed by atoms with Crippen LogP contribution in [0.25, 0.3) is 0 Å². The topological polar surface area (TPSA) is 0 Å². The lowest BCUT2D eigenvalue weighted by molar-refractivity contribution is 0.958. The number of hydrogen-bond donors (Lipinski definition) is 0. The predicted molar refractivity (Wildman–Crippen MR) is 77.7 cm³/mol. The van der Waals surface area contributed by atoms with Crippen molar-refractivity contribution in [1.29, 1.82) is 0 Å². The van der Waals surface area contributed by atoms with Gasteiger partial charge in [-0.05, 0) is 65.1 Å². The van der Waals surface area contributed by atoms with E-state index in [9.17, 15) is 0 Å². The van der Waals surface area contributed by atoms with Crippen molar-refractivity contribution >= 4 is 22.6 Å². The lowest BCUT2D eigenvalue weighted by atomic mass is 10.0. The van der Waals surface area contributed by atoms with Gasteiger partial charge in [-0.1, -0.05) is 42.5 Å². The highest BCUT2D eigenvalue weighted by molar-refractivity contribution is 14.1. The monoisotopic (exact) mass is 322 g/mol. The first-order chi connectivity index (χ1) is 7.75. The van der Waals surface area contributed by atoms with Crippen molar-refractivity contribution in [2.75, 3.05) is 0 Å². The van der Waals surface area contributed by atoms with Crippen molar-refractivity contribution in [2.24, 2.45) is 0 Å². The normalized spacial score (nSPS) is 10.4. The van der Waals surface area contributed by atoms with Crippen LogP contribution in [0.4, 0.5) is 0 Å². The van der Waals surface area contributed by atoms with Gasteiger partial charge in [0.05, 0.1) is 0 Å². The van der Waals surface area contributed by atoms with Crippen LogP contribution in [-0.4, -0.2) is 0 Å². The molecule has 0 heterocycles.